The van der Waals surface area contributed by atoms with Crippen LogP contribution in [0.1, 0.15) is 34.6 Å². The average molecular weight is 443 g/mol. The Labute approximate surface area is 181 Å². The van der Waals surface area contributed by atoms with Gasteiger partial charge in [-0.05, 0) is 43.5 Å². The summed E-state index contributed by atoms with van der Waals surface area (Å²) in [4.78, 5) is 17.4. The zero-order valence-corrected chi connectivity index (χ0v) is 18.4. The molecule has 3 heterocycles. The minimum atomic E-state index is -3.73. The number of hydrogen-bond acceptors (Lipinski definition) is 5. The van der Waals surface area contributed by atoms with Crippen molar-refractivity contribution < 1.29 is 18.3 Å². The van der Waals surface area contributed by atoms with Crippen molar-refractivity contribution in [2.45, 2.75) is 37.3 Å². The third kappa shape index (κ3) is 4.08. The van der Waals surface area contributed by atoms with Crippen molar-refractivity contribution in [3.63, 3.8) is 0 Å². The first-order chi connectivity index (χ1) is 14.8. The van der Waals surface area contributed by atoms with Crippen LogP contribution in [-0.2, 0) is 23.6 Å². The Morgan fingerprint density at radius 1 is 1.23 bits per heavy atom. The second kappa shape index (κ2) is 8.41. The van der Waals surface area contributed by atoms with Crippen LogP contribution in [0.2, 0.25) is 0 Å². The predicted octanol–water partition coefficient (Wildman–Crippen LogP) is 1.96. The number of rotatable bonds is 5. The molecule has 0 bridgehead atoms. The SMILES string of the molecule is Cc1c(S(=O)(=O)N2CCC(O)CC2)cc(C(=O)NCc2cccc3ncccc23)n1C. The molecule has 0 unspecified atom stereocenters. The van der Waals surface area contributed by atoms with Crippen LogP contribution >= 0.6 is 0 Å². The first-order valence-electron chi connectivity index (χ1n) is 10.2. The molecule has 3 aromatic rings. The Bertz CT molecular complexity index is 1220. The number of carbonyl (C=O) groups is 1. The van der Waals surface area contributed by atoms with Gasteiger partial charge in [-0.25, -0.2) is 8.42 Å². The molecule has 8 nitrogen and oxygen atoms in total. The summed E-state index contributed by atoms with van der Waals surface area (Å²) in [7, 11) is -2.05. The van der Waals surface area contributed by atoms with Gasteiger partial charge in [-0.3, -0.25) is 9.78 Å². The van der Waals surface area contributed by atoms with E-state index in [-0.39, 0.29) is 29.6 Å². The van der Waals surface area contributed by atoms with Crippen LogP contribution in [-0.4, -0.2) is 52.5 Å². The highest BCUT2D eigenvalue weighted by Gasteiger charge is 2.32. The van der Waals surface area contributed by atoms with E-state index in [2.05, 4.69) is 10.3 Å². The smallest absolute Gasteiger partial charge is 0.268 e. The summed E-state index contributed by atoms with van der Waals surface area (Å²) in [6.45, 7) is 2.54. The van der Waals surface area contributed by atoms with Crippen LogP contribution < -0.4 is 5.32 Å². The lowest BCUT2D eigenvalue weighted by Crippen LogP contribution is -2.40. The summed E-state index contributed by atoms with van der Waals surface area (Å²) in [6, 6.07) is 11.0. The number of carbonyl (C=O) groups excluding carboxylic acids is 1. The Kier molecular flexibility index (Phi) is 5.83. The summed E-state index contributed by atoms with van der Waals surface area (Å²) in [5.74, 6) is -0.345. The van der Waals surface area contributed by atoms with Crippen LogP contribution in [0.3, 0.4) is 0 Å². The monoisotopic (exact) mass is 442 g/mol. The van der Waals surface area contributed by atoms with Crippen LogP contribution in [0.25, 0.3) is 10.9 Å². The summed E-state index contributed by atoms with van der Waals surface area (Å²) in [6.07, 6.45) is 2.09. The zero-order chi connectivity index (χ0) is 22.2. The molecule has 2 aromatic heterocycles. The molecule has 1 fully saturated rings. The van der Waals surface area contributed by atoms with Crippen molar-refractivity contribution in [1.29, 1.82) is 0 Å². The molecule has 1 aliphatic rings. The van der Waals surface area contributed by atoms with E-state index in [0.29, 0.717) is 25.1 Å². The number of amides is 1. The zero-order valence-electron chi connectivity index (χ0n) is 17.6. The van der Waals surface area contributed by atoms with Crippen LogP contribution in [0.4, 0.5) is 0 Å². The summed E-state index contributed by atoms with van der Waals surface area (Å²) in [5.41, 5.74) is 2.57. The van der Waals surface area contributed by atoms with Gasteiger partial charge in [0.2, 0.25) is 10.0 Å². The molecule has 0 atom stereocenters. The summed E-state index contributed by atoms with van der Waals surface area (Å²) in [5, 5.41) is 13.5. The molecule has 0 aliphatic carbocycles. The van der Waals surface area contributed by atoms with Gasteiger partial charge in [0.15, 0.2) is 0 Å². The van der Waals surface area contributed by atoms with Gasteiger partial charge in [0.05, 0.1) is 11.6 Å². The van der Waals surface area contributed by atoms with E-state index in [1.807, 2.05) is 30.3 Å². The van der Waals surface area contributed by atoms with Crippen LogP contribution in [0.5, 0.6) is 0 Å². The maximum absolute atomic E-state index is 13.1. The minimum Gasteiger partial charge on any atom is -0.393 e. The number of piperidine rings is 1. The molecular weight excluding hydrogens is 416 g/mol. The number of aromatic nitrogens is 2. The van der Waals surface area contributed by atoms with E-state index in [1.54, 1.807) is 24.7 Å². The van der Waals surface area contributed by atoms with Crippen molar-refractivity contribution in [1.82, 2.24) is 19.2 Å². The second-order valence-corrected chi connectivity index (χ2v) is 9.75. The fraction of sp³-hybridized carbons (Fsp3) is 0.364. The van der Waals surface area contributed by atoms with Gasteiger partial charge in [-0.15, -0.1) is 0 Å². The number of pyridine rings is 1. The Hall–Kier alpha value is -2.75. The molecule has 1 amide bonds. The summed E-state index contributed by atoms with van der Waals surface area (Å²) < 4.78 is 29.2. The quantitative estimate of drug-likeness (QED) is 0.629. The molecule has 2 N–H and O–H groups in total. The molecule has 0 radical (unpaired) electrons. The third-order valence-electron chi connectivity index (χ3n) is 5.94. The largest absolute Gasteiger partial charge is 0.393 e. The Balaban J connectivity index is 1.55. The molecule has 164 valence electrons. The van der Waals surface area contributed by atoms with Crippen LogP contribution in [0, 0.1) is 6.92 Å². The molecule has 1 aliphatic heterocycles. The standard InChI is InChI=1S/C22H26N4O4S/c1-15-21(31(29,30)26-11-8-17(27)9-12-26)13-20(25(15)2)22(28)24-14-16-5-3-7-19-18(16)6-4-10-23-19/h3-7,10,13,17,27H,8-9,11-12,14H2,1-2H3,(H,24,28). The van der Waals surface area contributed by atoms with Gasteiger partial charge in [-0.1, -0.05) is 18.2 Å². The van der Waals surface area contributed by atoms with Crippen molar-refractivity contribution >= 4 is 26.8 Å². The molecule has 31 heavy (non-hydrogen) atoms. The van der Waals surface area contributed by atoms with Crippen molar-refractivity contribution in [2.75, 3.05) is 13.1 Å². The molecule has 9 heteroatoms. The number of nitrogens with zero attached hydrogens (tertiary/aromatic N) is 3. The number of aliphatic hydroxyl groups is 1. The molecule has 0 saturated carbocycles. The number of hydrogen-bond donors (Lipinski definition) is 2. The van der Waals surface area contributed by atoms with E-state index in [0.717, 1.165) is 16.5 Å². The fourth-order valence-corrected chi connectivity index (χ4v) is 5.70. The first-order valence-corrected chi connectivity index (χ1v) is 11.7. The molecule has 0 spiro atoms. The maximum atomic E-state index is 13.1. The first kappa shape index (κ1) is 21.5. The van der Waals surface area contributed by atoms with Crippen molar-refractivity contribution in [3.8, 4) is 0 Å². The molecular formula is C22H26N4O4S. The van der Waals surface area contributed by atoms with E-state index in [9.17, 15) is 18.3 Å². The van der Waals surface area contributed by atoms with Gasteiger partial charge in [0, 0.05) is 44.0 Å². The topological polar surface area (TPSA) is 105 Å². The number of fused-ring (bicyclic) bond motifs is 1. The Morgan fingerprint density at radius 3 is 2.71 bits per heavy atom. The van der Waals surface area contributed by atoms with E-state index < -0.39 is 16.1 Å². The second-order valence-electron chi connectivity index (χ2n) is 7.84. The van der Waals surface area contributed by atoms with Crippen LogP contribution in [0.15, 0.2) is 47.5 Å². The normalized spacial score (nSPS) is 16.0. The highest BCUT2D eigenvalue weighted by Crippen LogP contribution is 2.26. The third-order valence-corrected chi connectivity index (χ3v) is 7.95. The summed E-state index contributed by atoms with van der Waals surface area (Å²) >= 11 is 0. The van der Waals surface area contributed by atoms with Gasteiger partial charge >= 0.3 is 0 Å². The molecule has 1 saturated heterocycles. The molecule has 4 rings (SSSR count). The lowest BCUT2D eigenvalue weighted by molar-refractivity contribution is 0.0942. The fourth-order valence-electron chi connectivity index (χ4n) is 3.96. The highest BCUT2D eigenvalue weighted by molar-refractivity contribution is 7.89. The number of benzene rings is 1. The Morgan fingerprint density at radius 2 is 1.97 bits per heavy atom. The number of nitrogens with one attached hydrogen (secondary N) is 1. The van der Waals surface area contributed by atoms with E-state index >= 15 is 0 Å². The van der Waals surface area contributed by atoms with Gasteiger partial charge in [0.1, 0.15) is 10.6 Å². The predicted molar refractivity (Wildman–Crippen MR) is 117 cm³/mol. The average Bonchev–Trinajstić information content (AvgIpc) is 3.07. The highest BCUT2D eigenvalue weighted by atomic mass is 32.2. The van der Waals surface area contributed by atoms with Gasteiger partial charge in [0.25, 0.3) is 5.91 Å². The number of aliphatic hydroxyl groups excluding tert-OH is 1. The van der Waals surface area contributed by atoms with E-state index in [1.165, 1.54) is 10.4 Å². The van der Waals surface area contributed by atoms with E-state index in [4.69, 9.17) is 0 Å². The lowest BCUT2D eigenvalue weighted by Gasteiger charge is -2.28. The van der Waals surface area contributed by atoms with Crippen molar-refractivity contribution in [3.05, 3.63) is 59.5 Å². The lowest BCUT2D eigenvalue weighted by atomic mass is 10.1. The molecule has 1 aromatic carbocycles. The van der Waals surface area contributed by atoms with Gasteiger partial charge < -0.3 is 15.0 Å². The number of sulfonamides is 1. The minimum absolute atomic E-state index is 0.130. The van der Waals surface area contributed by atoms with Crippen molar-refractivity contribution in [2.24, 2.45) is 7.05 Å². The van der Waals surface area contributed by atoms with Gasteiger partial charge in [-0.2, -0.15) is 4.31 Å². The maximum Gasteiger partial charge on any atom is 0.268 e.